The summed E-state index contributed by atoms with van der Waals surface area (Å²) in [5, 5.41) is 0.568. The van der Waals surface area contributed by atoms with E-state index in [-0.39, 0.29) is 4.90 Å². The van der Waals surface area contributed by atoms with Crippen molar-refractivity contribution in [2.24, 2.45) is 7.05 Å². The predicted molar refractivity (Wildman–Crippen MR) is 109 cm³/mol. The van der Waals surface area contributed by atoms with Crippen LogP contribution < -0.4 is 14.2 Å². The van der Waals surface area contributed by atoms with Crippen LogP contribution in [-0.4, -0.2) is 31.2 Å². The van der Waals surface area contributed by atoms with Gasteiger partial charge in [0.15, 0.2) is 11.5 Å². The summed E-state index contributed by atoms with van der Waals surface area (Å²) >= 11 is 6.00. The lowest BCUT2D eigenvalue weighted by atomic mass is 10.1. The predicted octanol–water partition coefficient (Wildman–Crippen LogP) is 3.30. The molecule has 7 nitrogen and oxygen atoms in total. The summed E-state index contributed by atoms with van der Waals surface area (Å²) in [5.74, 6) is 1.52. The number of nitrogens with zero attached hydrogens (tertiary/aromatic N) is 2. The number of aromatic nitrogens is 2. The zero-order chi connectivity index (χ0) is 20.4. The SMILES string of the molecule is Cn1ccnc1C(NS(=O)(=O)c1ccc2c(c1)OCCCO2)c1ccc(Cl)cc1. The monoisotopic (exact) mass is 433 g/mol. The van der Waals surface area contributed by atoms with Crippen LogP contribution in [0.1, 0.15) is 23.9 Å². The molecule has 1 aromatic heterocycles. The van der Waals surface area contributed by atoms with Gasteiger partial charge in [0.1, 0.15) is 11.9 Å². The third-order valence-corrected chi connectivity index (χ3v) is 6.29. The van der Waals surface area contributed by atoms with Crippen molar-refractivity contribution in [3.8, 4) is 11.5 Å². The van der Waals surface area contributed by atoms with E-state index in [4.69, 9.17) is 21.1 Å². The van der Waals surface area contributed by atoms with Crippen LogP contribution in [0.4, 0.5) is 0 Å². The first-order chi connectivity index (χ1) is 13.9. The Morgan fingerprint density at radius 1 is 1.10 bits per heavy atom. The Hall–Kier alpha value is -2.55. The van der Waals surface area contributed by atoms with Crippen molar-refractivity contribution in [1.82, 2.24) is 14.3 Å². The van der Waals surface area contributed by atoms with Crippen LogP contribution in [0.3, 0.4) is 0 Å². The molecule has 0 bridgehead atoms. The van der Waals surface area contributed by atoms with Gasteiger partial charge in [0.25, 0.3) is 0 Å². The number of halogens is 1. The molecule has 1 N–H and O–H groups in total. The van der Waals surface area contributed by atoms with E-state index in [1.54, 1.807) is 47.3 Å². The molecule has 0 aliphatic carbocycles. The molecule has 0 amide bonds. The quantitative estimate of drug-likeness (QED) is 0.667. The molecule has 9 heteroatoms. The molecule has 152 valence electrons. The van der Waals surface area contributed by atoms with Crippen LogP contribution >= 0.6 is 11.6 Å². The summed E-state index contributed by atoms with van der Waals surface area (Å²) in [6.07, 6.45) is 4.13. The van der Waals surface area contributed by atoms with Crippen molar-refractivity contribution in [1.29, 1.82) is 0 Å². The van der Waals surface area contributed by atoms with Crippen LogP contribution in [0.25, 0.3) is 0 Å². The molecule has 3 aromatic rings. The minimum absolute atomic E-state index is 0.0925. The molecule has 1 unspecified atom stereocenters. The second-order valence-electron chi connectivity index (χ2n) is 6.66. The molecule has 1 atom stereocenters. The zero-order valence-electron chi connectivity index (χ0n) is 15.7. The number of imidazole rings is 1. The summed E-state index contributed by atoms with van der Waals surface area (Å²) in [6.45, 7) is 1.01. The van der Waals surface area contributed by atoms with E-state index in [1.807, 2.05) is 7.05 Å². The molecular weight excluding hydrogens is 414 g/mol. The van der Waals surface area contributed by atoms with E-state index in [1.165, 1.54) is 12.1 Å². The number of fused-ring (bicyclic) bond motifs is 1. The van der Waals surface area contributed by atoms with Crippen molar-refractivity contribution in [2.45, 2.75) is 17.4 Å². The molecule has 29 heavy (non-hydrogen) atoms. The Balaban J connectivity index is 1.70. The second-order valence-corrected chi connectivity index (χ2v) is 8.81. The average molecular weight is 434 g/mol. The Kier molecular flexibility index (Phi) is 5.49. The van der Waals surface area contributed by atoms with Gasteiger partial charge in [-0.3, -0.25) is 0 Å². The number of nitrogens with one attached hydrogen (secondary N) is 1. The average Bonchev–Trinajstić information content (AvgIpc) is 2.98. The largest absolute Gasteiger partial charge is 0.490 e. The number of aryl methyl sites for hydroxylation is 1. The van der Waals surface area contributed by atoms with E-state index in [2.05, 4.69) is 9.71 Å². The fraction of sp³-hybridized carbons (Fsp3) is 0.250. The highest BCUT2D eigenvalue weighted by Crippen LogP contribution is 2.33. The van der Waals surface area contributed by atoms with Gasteiger partial charge in [0, 0.05) is 37.0 Å². The fourth-order valence-electron chi connectivity index (χ4n) is 3.11. The molecule has 2 heterocycles. The summed E-state index contributed by atoms with van der Waals surface area (Å²) in [5.41, 5.74) is 0.724. The second kappa shape index (κ2) is 8.06. The lowest BCUT2D eigenvalue weighted by Crippen LogP contribution is -2.31. The van der Waals surface area contributed by atoms with E-state index in [0.29, 0.717) is 35.6 Å². The molecule has 2 aromatic carbocycles. The van der Waals surface area contributed by atoms with E-state index in [0.717, 1.165) is 12.0 Å². The number of hydrogen-bond donors (Lipinski definition) is 1. The van der Waals surface area contributed by atoms with Crippen LogP contribution in [0.2, 0.25) is 5.02 Å². The molecule has 0 fully saturated rings. The first-order valence-corrected chi connectivity index (χ1v) is 10.9. The van der Waals surface area contributed by atoms with Gasteiger partial charge in [-0.15, -0.1) is 0 Å². The number of sulfonamides is 1. The summed E-state index contributed by atoms with van der Waals surface area (Å²) in [7, 11) is -2.07. The van der Waals surface area contributed by atoms with E-state index in [9.17, 15) is 8.42 Å². The van der Waals surface area contributed by atoms with Gasteiger partial charge < -0.3 is 14.0 Å². The maximum Gasteiger partial charge on any atom is 0.241 e. The zero-order valence-corrected chi connectivity index (χ0v) is 17.3. The normalized spacial score (nSPS) is 15.0. The molecular formula is C20H20ClN3O4S. The van der Waals surface area contributed by atoms with Gasteiger partial charge in [-0.05, 0) is 29.8 Å². The Bertz CT molecular complexity index is 1110. The number of benzene rings is 2. The van der Waals surface area contributed by atoms with Crippen LogP contribution in [0.5, 0.6) is 11.5 Å². The number of ether oxygens (including phenoxy) is 2. The Labute approximate surface area is 174 Å². The maximum absolute atomic E-state index is 13.2. The molecule has 1 aliphatic rings. The molecule has 0 saturated heterocycles. The first-order valence-electron chi connectivity index (χ1n) is 9.09. The van der Waals surface area contributed by atoms with Crippen molar-refractivity contribution < 1.29 is 17.9 Å². The molecule has 4 rings (SSSR count). The smallest absolute Gasteiger partial charge is 0.241 e. The van der Waals surface area contributed by atoms with Gasteiger partial charge in [0.2, 0.25) is 10.0 Å². The summed E-state index contributed by atoms with van der Waals surface area (Å²) in [4.78, 5) is 4.43. The highest BCUT2D eigenvalue weighted by Gasteiger charge is 2.27. The molecule has 0 radical (unpaired) electrons. The van der Waals surface area contributed by atoms with Gasteiger partial charge in [0.05, 0.1) is 18.1 Å². The van der Waals surface area contributed by atoms with Gasteiger partial charge in [-0.2, -0.15) is 4.72 Å². The lowest BCUT2D eigenvalue weighted by Gasteiger charge is -2.20. The summed E-state index contributed by atoms with van der Waals surface area (Å²) in [6, 6.07) is 10.9. The van der Waals surface area contributed by atoms with Crippen molar-refractivity contribution >= 4 is 21.6 Å². The van der Waals surface area contributed by atoms with Crippen molar-refractivity contribution in [3.63, 3.8) is 0 Å². The Morgan fingerprint density at radius 3 is 2.52 bits per heavy atom. The van der Waals surface area contributed by atoms with E-state index < -0.39 is 16.1 Å². The first kappa shape index (κ1) is 19.8. The summed E-state index contributed by atoms with van der Waals surface area (Å²) < 4.78 is 42.1. The van der Waals surface area contributed by atoms with Crippen molar-refractivity contribution in [2.75, 3.05) is 13.2 Å². The topological polar surface area (TPSA) is 82.5 Å². The minimum Gasteiger partial charge on any atom is -0.490 e. The number of rotatable bonds is 5. The molecule has 1 aliphatic heterocycles. The number of hydrogen-bond acceptors (Lipinski definition) is 5. The van der Waals surface area contributed by atoms with Gasteiger partial charge >= 0.3 is 0 Å². The molecule has 0 saturated carbocycles. The van der Waals surface area contributed by atoms with Crippen LogP contribution in [-0.2, 0) is 17.1 Å². The fourth-order valence-corrected chi connectivity index (χ4v) is 4.44. The third kappa shape index (κ3) is 4.24. The highest BCUT2D eigenvalue weighted by atomic mass is 35.5. The van der Waals surface area contributed by atoms with Gasteiger partial charge in [-0.1, -0.05) is 23.7 Å². The van der Waals surface area contributed by atoms with Gasteiger partial charge in [-0.25, -0.2) is 13.4 Å². The molecule has 0 spiro atoms. The Morgan fingerprint density at radius 2 is 1.83 bits per heavy atom. The standard InChI is InChI=1S/C20H20ClN3O4S/c1-24-10-9-22-20(24)19(14-3-5-15(21)6-4-14)23-29(25,26)16-7-8-17-18(13-16)28-12-2-11-27-17/h3-10,13,19,23H,2,11-12H2,1H3. The third-order valence-electron chi connectivity index (χ3n) is 4.62. The van der Waals surface area contributed by atoms with Crippen molar-refractivity contribution in [3.05, 3.63) is 71.3 Å². The highest BCUT2D eigenvalue weighted by molar-refractivity contribution is 7.89. The lowest BCUT2D eigenvalue weighted by molar-refractivity contribution is 0.297. The van der Waals surface area contributed by atoms with Crippen LogP contribution in [0.15, 0.2) is 59.8 Å². The van der Waals surface area contributed by atoms with E-state index >= 15 is 0 Å². The minimum atomic E-state index is -3.88. The van der Waals surface area contributed by atoms with Crippen LogP contribution in [0, 0.1) is 0 Å². The maximum atomic E-state index is 13.2.